The van der Waals surface area contributed by atoms with Gasteiger partial charge in [0.25, 0.3) is 0 Å². The minimum absolute atomic E-state index is 0.432. The lowest BCUT2D eigenvalue weighted by Crippen LogP contribution is -1.94. The first-order valence-electron chi connectivity index (χ1n) is 6.35. The summed E-state index contributed by atoms with van der Waals surface area (Å²) in [4.78, 5) is 0. The third-order valence-corrected chi connectivity index (χ3v) is 3.48. The zero-order valence-corrected chi connectivity index (χ0v) is 10.5. The molecule has 0 aliphatic heterocycles. The van der Waals surface area contributed by atoms with Crippen LogP contribution in [0.4, 0.5) is 0 Å². The fraction of sp³-hybridized carbons (Fsp3) is 0.111. The minimum atomic E-state index is 0.432. The van der Waals surface area contributed by atoms with Gasteiger partial charge in [-0.25, -0.2) is 0 Å². The largest absolute Gasteiger partial charge is 0.0724 e. The molecule has 0 aromatic heterocycles. The van der Waals surface area contributed by atoms with Crippen LogP contribution in [-0.2, 0) is 0 Å². The zero-order chi connectivity index (χ0) is 12.4. The van der Waals surface area contributed by atoms with E-state index in [2.05, 4.69) is 79.7 Å². The van der Waals surface area contributed by atoms with Gasteiger partial charge in [-0.05, 0) is 23.6 Å². The Bertz CT molecular complexity index is 603. The Balaban J connectivity index is 1.94. The molecule has 18 heavy (non-hydrogen) atoms. The molecule has 88 valence electrons. The molecule has 0 heterocycles. The maximum Gasteiger partial charge on any atom is 0.0238 e. The summed E-state index contributed by atoms with van der Waals surface area (Å²) >= 11 is 0. The van der Waals surface area contributed by atoms with Gasteiger partial charge < -0.3 is 0 Å². The van der Waals surface area contributed by atoms with Gasteiger partial charge in [-0.3, -0.25) is 0 Å². The van der Waals surface area contributed by atoms with Crippen LogP contribution in [0.2, 0.25) is 0 Å². The molecule has 1 atom stereocenters. The highest BCUT2D eigenvalue weighted by atomic mass is 14.2. The van der Waals surface area contributed by atoms with Gasteiger partial charge in [-0.1, -0.05) is 78.4 Å². The van der Waals surface area contributed by atoms with Gasteiger partial charge in [-0.2, -0.15) is 0 Å². The van der Waals surface area contributed by atoms with E-state index in [1.807, 2.05) is 0 Å². The van der Waals surface area contributed by atoms with Crippen LogP contribution in [0.25, 0.3) is 12.2 Å². The van der Waals surface area contributed by atoms with E-state index in [1.165, 1.54) is 22.3 Å². The quantitative estimate of drug-likeness (QED) is 0.690. The monoisotopic (exact) mass is 232 g/mol. The Morgan fingerprint density at radius 3 is 2.50 bits per heavy atom. The molecule has 0 unspecified atom stereocenters. The summed E-state index contributed by atoms with van der Waals surface area (Å²) in [6.45, 7) is 2.21. The molecule has 0 saturated heterocycles. The third kappa shape index (κ3) is 2.02. The average molecular weight is 232 g/mol. The van der Waals surface area contributed by atoms with E-state index in [4.69, 9.17) is 0 Å². The van der Waals surface area contributed by atoms with Crippen molar-refractivity contribution in [3.63, 3.8) is 0 Å². The van der Waals surface area contributed by atoms with Crippen molar-refractivity contribution in [1.29, 1.82) is 0 Å². The number of fused-ring (bicyclic) bond motifs is 1. The predicted octanol–water partition coefficient (Wildman–Crippen LogP) is 4.90. The lowest BCUT2D eigenvalue weighted by atomic mass is 9.92. The van der Waals surface area contributed by atoms with Crippen LogP contribution in [0, 0.1) is 0 Å². The summed E-state index contributed by atoms with van der Waals surface area (Å²) in [7, 11) is 0. The molecule has 1 aliphatic rings. The summed E-state index contributed by atoms with van der Waals surface area (Å²) < 4.78 is 0. The van der Waals surface area contributed by atoms with Gasteiger partial charge in [0.1, 0.15) is 0 Å². The minimum Gasteiger partial charge on any atom is -0.0724 e. The molecule has 3 rings (SSSR count). The van der Waals surface area contributed by atoms with E-state index in [1.54, 1.807) is 0 Å². The SMILES string of the molecule is C/C(=C/c1ccccc1)[C@H]1C=Cc2ccccc21. The molecule has 0 saturated carbocycles. The van der Waals surface area contributed by atoms with E-state index in [9.17, 15) is 0 Å². The van der Waals surface area contributed by atoms with Crippen molar-refractivity contribution >= 4 is 12.2 Å². The molecule has 1 aliphatic carbocycles. The van der Waals surface area contributed by atoms with Gasteiger partial charge in [0.15, 0.2) is 0 Å². The van der Waals surface area contributed by atoms with Crippen molar-refractivity contribution in [2.45, 2.75) is 12.8 Å². The van der Waals surface area contributed by atoms with E-state index >= 15 is 0 Å². The second-order valence-corrected chi connectivity index (χ2v) is 4.76. The average Bonchev–Trinajstić information content (AvgIpc) is 2.84. The summed E-state index contributed by atoms with van der Waals surface area (Å²) in [5.74, 6) is 0.432. The highest BCUT2D eigenvalue weighted by molar-refractivity contribution is 5.67. The van der Waals surface area contributed by atoms with Crippen LogP contribution >= 0.6 is 0 Å². The molecule has 0 bridgehead atoms. The van der Waals surface area contributed by atoms with Gasteiger partial charge in [0, 0.05) is 5.92 Å². The van der Waals surface area contributed by atoms with Crippen molar-refractivity contribution < 1.29 is 0 Å². The lowest BCUT2D eigenvalue weighted by molar-refractivity contribution is 1.02. The lowest BCUT2D eigenvalue weighted by Gasteiger charge is -2.11. The molecular formula is C18H16. The van der Waals surface area contributed by atoms with Crippen LogP contribution in [0.1, 0.15) is 29.5 Å². The summed E-state index contributed by atoms with van der Waals surface area (Å²) in [5.41, 5.74) is 5.43. The van der Waals surface area contributed by atoms with E-state index in [0.29, 0.717) is 5.92 Å². The second-order valence-electron chi connectivity index (χ2n) is 4.76. The Kier molecular flexibility index (Phi) is 2.85. The molecule has 0 heteroatoms. The first-order valence-corrected chi connectivity index (χ1v) is 6.35. The van der Waals surface area contributed by atoms with Crippen LogP contribution in [0.5, 0.6) is 0 Å². The van der Waals surface area contributed by atoms with Crippen molar-refractivity contribution in [3.8, 4) is 0 Å². The molecular weight excluding hydrogens is 216 g/mol. The van der Waals surface area contributed by atoms with E-state index < -0.39 is 0 Å². The number of allylic oxidation sites excluding steroid dienone is 2. The molecule has 2 aromatic rings. The van der Waals surface area contributed by atoms with Crippen molar-refractivity contribution in [2.75, 3.05) is 0 Å². The number of rotatable bonds is 2. The summed E-state index contributed by atoms with van der Waals surface area (Å²) in [5, 5.41) is 0. The van der Waals surface area contributed by atoms with Gasteiger partial charge in [0.2, 0.25) is 0 Å². The van der Waals surface area contributed by atoms with Gasteiger partial charge in [-0.15, -0.1) is 0 Å². The molecule has 0 amide bonds. The van der Waals surface area contributed by atoms with E-state index in [0.717, 1.165) is 0 Å². The predicted molar refractivity (Wildman–Crippen MR) is 78.3 cm³/mol. The van der Waals surface area contributed by atoms with Gasteiger partial charge in [0.05, 0.1) is 0 Å². The van der Waals surface area contributed by atoms with Crippen molar-refractivity contribution in [3.05, 3.63) is 82.9 Å². The molecule has 0 radical (unpaired) electrons. The van der Waals surface area contributed by atoms with Gasteiger partial charge >= 0.3 is 0 Å². The van der Waals surface area contributed by atoms with Crippen LogP contribution in [0.15, 0.2) is 66.2 Å². The third-order valence-electron chi connectivity index (χ3n) is 3.48. The Hall–Kier alpha value is -2.08. The molecule has 0 N–H and O–H groups in total. The van der Waals surface area contributed by atoms with Crippen molar-refractivity contribution in [2.24, 2.45) is 0 Å². The Morgan fingerprint density at radius 2 is 1.67 bits per heavy atom. The molecule has 0 fully saturated rings. The highest BCUT2D eigenvalue weighted by Gasteiger charge is 2.17. The fourth-order valence-electron chi connectivity index (χ4n) is 2.55. The normalized spacial score (nSPS) is 17.8. The number of benzene rings is 2. The summed E-state index contributed by atoms with van der Waals surface area (Å²) in [6.07, 6.45) is 6.79. The molecule has 2 aromatic carbocycles. The standard InChI is InChI=1S/C18H16/c1-14(13-15-7-3-2-4-8-15)17-12-11-16-9-5-6-10-18(16)17/h2-13,17H,1H3/b14-13-/t17-/m1/s1. The maximum atomic E-state index is 2.29. The smallest absolute Gasteiger partial charge is 0.0238 e. The van der Waals surface area contributed by atoms with Crippen LogP contribution < -0.4 is 0 Å². The van der Waals surface area contributed by atoms with Crippen LogP contribution in [0.3, 0.4) is 0 Å². The first-order chi connectivity index (χ1) is 8.84. The number of hydrogen-bond acceptors (Lipinski definition) is 0. The first kappa shape index (κ1) is 11.0. The summed E-state index contributed by atoms with van der Waals surface area (Å²) in [6, 6.07) is 19.1. The second kappa shape index (κ2) is 4.66. The zero-order valence-electron chi connectivity index (χ0n) is 10.5. The molecule has 0 nitrogen and oxygen atoms in total. The van der Waals surface area contributed by atoms with Crippen molar-refractivity contribution in [1.82, 2.24) is 0 Å². The Morgan fingerprint density at radius 1 is 0.944 bits per heavy atom. The van der Waals surface area contributed by atoms with E-state index in [-0.39, 0.29) is 0 Å². The topological polar surface area (TPSA) is 0 Å². The Labute approximate surface area is 108 Å². The fourth-order valence-corrected chi connectivity index (χ4v) is 2.55. The number of hydrogen-bond donors (Lipinski definition) is 0. The molecule has 0 spiro atoms. The highest BCUT2D eigenvalue weighted by Crippen LogP contribution is 2.35. The van der Waals surface area contributed by atoms with Crippen LogP contribution in [-0.4, -0.2) is 0 Å². The maximum absolute atomic E-state index is 2.29.